The minimum atomic E-state index is -0.155. The summed E-state index contributed by atoms with van der Waals surface area (Å²) < 4.78 is 9.20. The van der Waals surface area contributed by atoms with Crippen molar-refractivity contribution in [2.24, 2.45) is 0 Å². The Morgan fingerprint density at radius 2 is 2.17 bits per heavy atom. The summed E-state index contributed by atoms with van der Waals surface area (Å²) in [6, 6.07) is 0. The van der Waals surface area contributed by atoms with Gasteiger partial charge in [-0.1, -0.05) is 0 Å². The zero-order valence-corrected chi connectivity index (χ0v) is 7.71. The van der Waals surface area contributed by atoms with Crippen molar-refractivity contribution >= 4 is 24.7 Å². The summed E-state index contributed by atoms with van der Waals surface area (Å²) >= 11 is 1.58. The minimum Gasteiger partial charge on any atom is -0.468 e. The molecule has 0 rings (SSSR count). The van der Waals surface area contributed by atoms with Crippen molar-refractivity contribution in [1.29, 1.82) is 0 Å². The summed E-state index contributed by atoms with van der Waals surface area (Å²) in [4.78, 5) is 19.7. The van der Waals surface area contributed by atoms with Gasteiger partial charge in [0.2, 0.25) is 0 Å². The zero-order chi connectivity index (χ0) is 9.23. The number of hydrogen-bond acceptors (Lipinski definition) is 5. The average molecular weight is 192 g/mol. The molecule has 4 nitrogen and oxygen atoms in total. The maximum Gasteiger partial charge on any atom is 0.293 e. The molecule has 0 amide bonds. The van der Waals surface area contributed by atoms with Crippen molar-refractivity contribution in [3.8, 4) is 0 Å². The Balaban J connectivity index is 3.46. The standard InChI is InChI=1S/C7H12O4S/c1-12-4-7(11-6-9)2-3-10-5-8/h5-7H,2-4H2,1H3. The van der Waals surface area contributed by atoms with Crippen LogP contribution in [0.5, 0.6) is 0 Å². The van der Waals surface area contributed by atoms with Crippen LogP contribution in [0.25, 0.3) is 0 Å². The highest BCUT2D eigenvalue weighted by molar-refractivity contribution is 7.98. The van der Waals surface area contributed by atoms with Gasteiger partial charge in [0.25, 0.3) is 12.9 Å². The number of carbonyl (C=O) groups is 2. The molecule has 1 unspecified atom stereocenters. The van der Waals surface area contributed by atoms with Crippen molar-refractivity contribution in [1.82, 2.24) is 0 Å². The molecule has 0 heterocycles. The van der Waals surface area contributed by atoms with E-state index in [2.05, 4.69) is 4.74 Å². The molecule has 0 aromatic rings. The number of hydrogen-bond donors (Lipinski definition) is 0. The molecule has 0 aromatic heterocycles. The lowest BCUT2D eigenvalue weighted by molar-refractivity contribution is -0.134. The van der Waals surface area contributed by atoms with Crippen LogP contribution in [0.2, 0.25) is 0 Å². The Labute approximate surface area is 75.6 Å². The Morgan fingerprint density at radius 3 is 2.67 bits per heavy atom. The van der Waals surface area contributed by atoms with Crippen molar-refractivity contribution < 1.29 is 19.1 Å². The number of carbonyl (C=O) groups excluding carboxylic acids is 2. The first-order valence-corrected chi connectivity index (χ1v) is 4.87. The van der Waals surface area contributed by atoms with Gasteiger partial charge in [0.15, 0.2) is 0 Å². The van der Waals surface area contributed by atoms with E-state index in [1.165, 1.54) is 0 Å². The molecule has 12 heavy (non-hydrogen) atoms. The smallest absolute Gasteiger partial charge is 0.293 e. The molecular formula is C7H12O4S. The number of rotatable bonds is 8. The van der Waals surface area contributed by atoms with Crippen LogP contribution >= 0.6 is 11.8 Å². The third kappa shape index (κ3) is 6.03. The molecule has 0 aliphatic heterocycles. The highest BCUT2D eigenvalue weighted by Gasteiger charge is 2.07. The van der Waals surface area contributed by atoms with Crippen molar-refractivity contribution in [2.75, 3.05) is 18.6 Å². The van der Waals surface area contributed by atoms with E-state index in [1.807, 2.05) is 6.26 Å². The fraction of sp³-hybridized carbons (Fsp3) is 0.714. The maximum atomic E-state index is 9.98. The van der Waals surface area contributed by atoms with E-state index in [4.69, 9.17) is 4.74 Å². The Kier molecular flexibility index (Phi) is 7.89. The van der Waals surface area contributed by atoms with Gasteiger partial charge in [-0.05, 0) is 6.26 Å². The minimum absolute atomic E-state index is 0.155. The third-order valence-corrected chi connectivity index (χ3v) is 1.93. The van der Waals surface area contributed by atoms with E-state index < -0.39 is 0 Å². The summed E-state index contributed by atoms with van der Waals surface area (Å²) in [6.07, 6.45) is 2.32. The van der Waals surface area contributed by atoms with Crippen molar-refractivity contribution in [3.63, 3.8) is 0 Å². The first kappa shape index (κ1) is 11.3. The third-order valence-electron chi connectivity index (χ3n) is 1.23. The predicted octanol–water partition coefficient (Wildman–Crippen LogP) is 0.454. The molecule has 0 aliphatic rings. The van der Waals surface area contributed by atoms with E-state index in [9.17, 15) is 9.59 Å². The molecule has 0 bridgehead atoms. The van der Waals surface area contributed by atoms with E-state index in [0.29, 0.717) is 26.0 Å². The molecule has 0 saturated carbocycles. The van der Waals surface area contributed by atoms with Crippen LogP contribution in [0, 0.1) is 0 Å². The highest BCUT2D eigenvalue weighted by atomic mass is 32.2. The van der Waals surface area contributed by atoms with Crippen LogP contribution in [-0.2, 0) is 19.1 Å². The number of ether oxygens (including phenoxy) is 2. The van der Waals surface area contributed by atoms with Gasteiger partial charge in [-0.15, -0.1) is 0 Å². The molecule has 0 radical (unpaired) electrons. The molecular weight excluding hydrogens is 180 g/mol. The monoisotopic (exact) mass is 192 g/mol. The second kappa shape index (κ2) is 8.39. The predicted molar refractivity (Wildman–Crippen MR) is 46.0 cm³/mol. The fourth-order valence-corrected chi connectivity index (χ4v) is 1.32. The lowest BCUT2D eigenvalue weighted by Crippen LogP contribution is -2.17. The van der Waals surface area contributed by atoms with E-state index in [0.717, 1.165) is 5.75 Å². The van der Waals surface area contributed by atoms with Crippen molar-refractivity contribution in [3.05, 3.63) is 0 Å². The molecule has 0 aromatic carbocycles. The first-order valence-electron chi connectivity index (χ1n) is 3.48. The van der Waals surface area contributed by atoms with E-state index >= 15 is 0 Å². The summed E-state index contributed by atoms with van der Waals surface area (Å²) in [5.41, 5.74) is 0. The largest absolute Gasteiger partial charge is 0.468 e. The SMILES string of the molecule is CSCC(CCOC=O)OC=O. The molecule has 0 aliphatic carbocycles. The number of thioether (sulfide) groups is 1. The topological polar surface area (TPSA) is 52.6 Å². The molecule has 0 spiro atoms. The highest BCUT2D eigenvalue weighted by Crippen LogP contribution is 2.04. The van der Waals surface area contributed by atoms with Gasteiger partial charge in [0.05, 0.1) is 6.61 Å². The quantitative estimate of drug-likeness (QED) is 0.413. The summed E-state index contributed by atoms with van der Waals surface area (Å²) in [6.45, 7) is 1.10. The lowest BCUT2D eigenvalue weighted by Gasteiger charge is -2.12. The van der Waals surface area contributed by atoms with Crippen LogP contribution in [0.1, 0.15) is 6.42 Å². The Hall–Kier alpha value is -0.710. The Bertz CT molecular complexity index is 129. The molecule has 0 fully saturated rings. The van der Waals surface area contributed by atoms with Crippen molar-refractivity contribution in [2.45, 2.75) is 12.5 Å². The van der Waals surface area contributed by atoms with Gasteiger partial charge >= 0.3 is 0 Å². The lowest BCUT2D eigenvalue weighted by atomic mass is 10.3. The molecule has 0 saturated heterocycles. The second-order valence-corrected chi connectivity index (χ2v) is 2.98. The zero-order valence-electron chi connectivity index (χ0n) is 6.89. The van der Waals surface area contributed by atoms with Crippen LogP contribution in [0.15, 0.2) is 0 Å². The van der Waals surface area contributed by atoms with Gasteiger partial charge in [0, 0.05) is 12.2 Å². The molecule has 70 valence electrons. The summed E-state index contributed by atoms with van der Waals surface area (Å²) in [7, 11) is 0. The van der Waals surface area contributed by atoms with Gasteiger partial charge in [-0.25, -0.2) is 0 Å². The average Bonchev–Trinajstić information content (AvgIpc) is 2.06. The normalized spacial score (nSPS) is 11.8. The first-order chi connectivity index (χ1) is 5.85. The fourth-order valence-electron chi connectivity index (χ4n) is 0.703. The van der Waals surface area contributed by atoms with Crippen LogP contribution in [0.3, 0.4) is 0 Å². The van der Waals surface area contributed by atoms with Crippen LogP contribution < -0.4 is 0 Å². The van der Waals surface area contributed by atoms with Gasteiger partial charge in [-0.3, -0.25) is 9.59 Å². The molecule has 0 N–H and O–H groups in total. The van der Waals surface area contributed by atoms with Gasteiger partial charge in [0.1, 0.15) is 6.10 Å². The van der Waals surface area contributed by atoms with Gasteiger partial charge in [-0.2, -0.15) is 11.8 Å². The maximum absolute atomic E-state index is 9.98. The van der Waals surface area contributed by atoms with E-state index in [1.54, 1.807) is 11.8 Å². The second-order valence-electron chi connectivity index (χ2n) is 2.07. The molecule has 1 atom stereocenters. The summed E-state index contributed by atoms with van der Waals surface area (Å²) in [5, 5.41) is 0. The van der Waals surface area contributed by atoms with Crippen LogP contribution in [0.4, 0.5) is 0 Å². The van der Waals surface area contributed by atoms with Gasteiger partial charge < -0.3 is 9.47 Å². The van der Waals surface area contributed by atoms with E-state index in [-0.39, 0.29) is 6.10 Å². The van der Waals surface area contributed by atoms with Crippen LogP contribution in [-0.4, -0.2) is 37.7 Å². The Morgan fingerprint density at radius 1 is 1.42 bits per heavy atom. The molecule has 5 heteroatoms. The summed E-state index contributed by atoms with van der Waals surface area (Å²) in [5.74, 6) is 0.723.